The number of nitrogens with zero attached hydrogens (tertiary/aromatic N) is 2. The van der Waals surface area contributed by atoms with Gasteiger partial charge in [0.15, 0.2) is 0 Å². The zero-order chi connectivity index (χ0) is 13.9. The average molecular weight is 286 g/mol. The number of para-hydroxylation sites is 1. The van der Waals surface area contributed by atoms with Gasteiger partial charge in [-0.15, -0.1) is 11.3 Å². The molecule has 0 unspecified atom stereocenters. The van der Waals surface area contributed by atoms with Gasteiger partial charge in [0.05, 0.1) is 15.2 Å². The van der Waals surface area contributed by atoms with Crippen molar-refractivity contribution in [3.05, 3.63) is 46.7 Å². The number of aryl methyl sites for hydroxylation is 1. The van der Waals surface area contributed by atoms with Gasteiger partial charge < -0.3 is 5.32 Å². The third-order valence-electron chi connectivity index (χ3n) is 2.90. The van der Waals surface area contributed by atoms with Crippen LogP contribution < -0.4 is 5.32 Å². The number of thiazole rings is 1. The minimum atomic E-state index is -0.157. The Bertz CT molecular complexity index is 713. The number of aromatic amines is 1. The molecule has 0 atom stereocenters. The first-order valence-electron chi connectivity index (χ1n) is 6.37. The van der Waals surface area contributed by atoms with Gasteiger partial charge in [-0.25, -0.2) is 4.98 Å². The maximum atomic E-state index is 11.8. The topological polar surface area (TPSA) is 70.7 Å². The molecule has 0 fully saturated rings. The number of fused-ring (bicyclic) bond motifs is 1. The molecular weight excluding hydrogens is 272 g/mol. The van der Waals surface area contributed by atoms with Gasteiger partial charge in [0.25, 0.3) is 5.91 Å². The number of benzene rings is 1. The van der Waals surface area contributed by atoms with E-state index in [-0.39, 0.29) is 5.91 Å². The molecule has 0 radical (unpaired) electrons. The van der Waals surface area contributed by atoms with Crippen LogP contribution in [0, 0.1) is 6.92 Å². The van der Waals surface area contributed by atoms with Crippen LogP contribution in [0.4, 0.5) is 0 Å². The predicted molar refractivity (Wildman–Crippen MR) is 79.0 cm³/mol. The highest BCUT2D eigenvalue weighted by atomic mass is 32.1. The summed E-state index contributed by atoms with van der Waals surface area (Å²) in [5, 5.41) is 10.6. The van der Waals surface area contributed by atoms with Crippen LogP contribution in [0.5, 0.6) is 0 Å². The minimum Gasteiger partial charge on any atom is -0.350 e. The molecule has 2 N–H and O–H groups in total. The summed E-state index contributed by atoms with van der Waals surface area (Å²) < 4.78 is 1.18. The number of H-pyrrole nitrogens is 1. The molecule has 0 saturated carbocycles. The van der Waals surface area contributed by atoms with E-state index < -0.39 is 0 Å². The lowest BCUT2D eigenvalue weighted by Gasteiger charge is -2.00. The molecule has 0 saturated heterocycles. The number of carbonyl (C=O) groups is 1. The lowest BCUT2D eigenvalue weighted by atomic mass is 10.3. The Hall–Kier alpha value is -2.21. The zero-order valence-corrected chi connectivity index (χ0v) is 11.8. The summed E-state index contributed by atoms with van der Waals surface area (Å²) in [5.74, 6) is -0.157. The van der Waals surface area contributed by atoms with E-state index in [1.807, 2.05) is 25.1 Å². The molecular formula is C14H14N4OS. The first-order valence-corrected chi connectivity index (χ1v) is 7.19. The van der Waals surface area contributed by atoms with E-state index in [1.165, 1.54) is 4.70 Å². The molecule has 0 spiro atoms. The summed E-state index contributed by atoms with van der Waals surface area (Å²) in [7, 11) is 0. The molecule has 0 bridgehead atoms. The summed E-state index contributed by atoms with van der Waals surface area (Å²) in [5.41, 5.74) is 2.31. The molecule has 2 heterocycles. The van der Waals surface area contributed by atoms with Crippen LogP contribution in [0.2, 0.25) is 0 Å². The second-order valence-electron chi connectivity index (χ2n) is 4.52. The van der Waals surface area contributed by atoms with Gasteiger partial charge in [0.1, 0.15) is 5.69 Å². The summed E-state index contributed by atoms with van der Waals surface area (Å²) in [4.78, 5) is 16.3. The van der Waals surface area contributed by atoms with Crippen molar-refractivity contribution >= 4 is 27.5 Å². The van der Waals surface area contributed by atoms with Crippen molar-refractivity contribution in [1.29, 1.82) is 0 Å². The molecule has 0 aliphatic heterocycles. The maximum absolute atomic E-state index is 11.8. The number of aromatic nitrogens is 3. The van der Waals surface area contributed by atoms with Crippen molar-refractivity contribution in [3.63, 3.8) is 0 Å². The van der Waals surface area contributed by atoms with Crippen molar-refractivity contribution in [3.8, 4) is 0 Å². The smallest absolute Gasteiger partial charge is 0.271 e. The van der Waals surface area contributed by atoms with Gasteiger partial charge in [0.2, 0.25) is 0 Å². The highest BCUT2D eigenvalue weighted by Crippen LogP contribution is 2.21. The van der Waals surface area contributed by atoms with Gasteiger partial charge in [-0.2, -0.15) is 5.10 Å². The van der Waals surface area contributed by atoms with Crippen LogP contribution >= 0.6 is 11.3 Å². The predicted octanol–water partition coefficient (Wildman–Crippen LogP) is 2.30. The molecule has 1 amide bonds. The van der Waals surface area contributed by atoms with E-state index in [4.69, 9.17) is 0 Å². The van der Waals surface area contributed by atoms with Crippen LogP contribution in [-0.4, -0.2) is 27.6 Å². The van der Waals surface area contributed by atoms with Crippen LogP contribution in [0.1, 0.15) is 21.2 Å². The highest BCUT2D eigenvalue weighted by Gasteiger charge is 2.09. The van der Waals surface area contributed by atoms with Crippen LogP contribution in [-0.2, 0) is 6.42 Å². The Morgan fingerprint density at radius 1 is 1.40 bits per heavy atom. The van der Waals surface area contributed by atoms with Crippen molar-refractivity contribution in [2.75, 3.05) is 6.54 Å². The lowest BCUT2D eigenvalue weighted by Crippen LogP contribution is -2.25. The van der Waals surface area contributed by atoms with E-state index >= 15 is 0 Å². The molecule has 0 aliphatic rings. The number of nitrogens with one attached hydrogen (secondary N) is 2. The Labute approximate surface area is 120 Å². The number of rotatable bonds is 4. The SMILES string of the molecule is Cc1cc(C(=O)NCCc2nc3ccccc3s2)n[nH]1. The fourth-order valence-electron chi connectivity index (χ4n) is 1.93. The van der Waals surface area contributed by atoms with E-state index in [1.54, 1.807) is 17.4 Å². The summed E-state index contributed by atoms with van der Waals surface area (Å²) >= 11 is 1.66. The maximum Gasteiger partial charge on any atom is 0.271 e. The highest BCUT2D eigenvalue weighted by molar-refractivity contribution is 7.18. The molecule has 102 valence electrons. The van der Waals surface area contributed by atoms with Crippen molar-refractivity contribution in [2.24, 2.45) is 0 Å². The molecule has 0 aliphatic carbocycles. The quantitative estimate of drug-likeness (QED) is 0.773. The molecule has 1 aromatic carbocycles. The van der Waals surface area contributed by atoms with Gasteiger partial charge in [-0.3, -0.25) is 9.89 Å². The second kappa shape index (κ2) is 5.42. The van der Waals surface area contributed by atoms with Crippen molar-refractivity contribution in [1.82, 2.24) is 20.5 Å². The van der Waals surface area contributed by atoms with E-state index in [9.17, 15) is 4.79 Å². The molecule has 20 heavy (non-hydrogen) atoms. The number of carbonyl (C=O) groups excluding carboxylic acids is 1. The van der Waals surface area contributed by atoms with Crippen LogP contribution in [0.25, 0.3) is 10.2 Å². The van der Waals surface area contributed by atoms with E-state index in [0.29, 0.717) is 12.2 Å². The third kappa shape index (κ3) is 2.70. The Balaban J connectivity index is 1.58. The summed E-state index contributed by atoms with van der Waals surface area (Å²) in [6, 6.07) is 9.77. The lowest BCUT2D eigenvalue weighted by molar-refractivity contribution is 0.0949. The summed E-state index contributed by atoms with van der Waals surface area (Å²) in [6.07, 6.45) is 0.731. The first-order chi connectivity index (χ1) is 9.72. The zero-order valence-electron chi connectivity index (χ0n) is 11.0. The van der Waals surface area contributed by atoms with E-state index in [0.717, 1.165) is 22.6 Å². The average Bonchev–Trinajstić information content (AvgIpc) is 3.04. The van der Waals surface area contributed by atoms with Gasteiger partial charge in [-0.1, -0.05) is 12.1 Å². The van der Waals surface area contributed by atoms with Crippen LogP contribution in [0.3, 0.4) is 0 Å². The molecule has 3 rings (SSSR count). The normalized spacial score (nSPS) is 10.8. The minimum absolute atomic E-state index is 0.157. The third-order valence-corrected chi connectivity index (χ3v) is 4.00. The monoisotopic (exact) mass is 286 g/mol. The molecule has 3 aromatic rings. The molecule has 6 heteroatoms. The Kier molecular flexibility index (Phi) is 3.47. The number of hydrogen-bond acceptors (Lipinski definition) is 4. The molecule has 5 nitrogen and oxygen atoms in total. The van der Waals surface area contributed by atoms with Gasteiger partial charge in [-0.05, 0) is 25.1 Å². The summed E-state index contributed by atoms with van der Waals surface area (Å²) in [6.45, 7) is 2.43. The Morgan fingerprint density at radius 3 is 3.00 bits per heavy atom. The van der Waals surface area contributed by atoms with E-state index in [2.05, 4.69) is 26.6 Å². The molecule has 2 aromatic heterocycles. The van der Waals surface area contributed by atoms with Gasteiger partial charge in [0, 0.05) is 18.7 Å². The number of amides is 1. The van der Waals surface area contributed by atoms with Crippen molar-refractivity contribution in [2.45, 2.75) is 13.3 Å². The van der Waals surface area contributed by atoms with Gasteiger partial charge >= 0.3 is 0 Å². The number of hydrogen-bond donors (Lipinski definition) is 2. The standard InChI is InChI=1S/C14H14N4OS/c1-9-8-11(18-17-9)14(19)15-7-6-13-16-10-4-2-3-5-12(10)20-13/h2-5,8H,6-7H2,1H3,(H,15,19)(H,17,18). The van der Waals surface area contributed by atoms with Crippen molar-refractivity contribution < 1.29 is 4.79 Å². The first kappa shape index (κ1) is 12.8. The second-order valence-corrected chi connectivity index (χ2v) is 5.63. The Morgan fingerprint density at radius 2 is 2.25 bits per heavy atom. The largest absolute Gasteiger partial charge is 0.350 e. The van der Waals surface area contributed by atoms with Crippen LogP contribution in [0.15, 0.2) is 30.3 Å². The fourth-order valence-corrected chi connectivity index (χ4v) is 2.90. The fraction of sp³-hybridized carbons (Fsp3) is 0.214.